The van der Waals surface area contributed by atoms with Crippen molar-refractivity contribution in [1.29, 1.82) is 0 Å². The molecule has 0 unspecified atom stereocenters. The van der Waals surface area contributed by atoms with E-state index < -0.39 is 0 Å². The second-order valence-corrected chi connectivity index (χ2v) is 6.49. The van der Waals surface area contributed by atoms with Gasteiger partial charge in [-0.3, -0.25) is 0 Å². The maximum atomic E-state index is 9.10. The topological polar surface area (TPSA) is 49.2 Å². The molecule has 4 nitrogen and oxygen atoms in total. The predicted octanol–water partition coefficient (Wildman–Crippen LogP) is 4.33. The Hall–Kier alpha value is -1.95. The van der Waals surface area contributed by atoms with Crippen LogP contribution in [0.3, 0.4) is 0 Å². The second-order valence-electron chi connectivity index (χ2n) is 5.24. The number of benzene rings is 1. The Kier molecular flexibility index (Phi) is 5.45. The van der Waals surface area contributed by atoms with Crippen LogP contribution in [-0.4, -0.2) is 34.8 Å². The van der Waals surface area contributed by atoms with Gasteiger partial charge in [-0.25, -0.2) is 9.97 Å². The highest BCUT2D eigenvalue weighted by Crippen LogP contribution is 2.25. The largest absolute Gasteiger partial charge is 0.395 e. The van der Waals surface area contributed by atoms with Crippen LogP contribution in [0, 0.1) is 0 Å². The van der Waals surface area contributed by atoms with E-state index in [1.54, 1.807) is 11.3 Å². The minimum Gasteiger partial charge on any atom is -0.395 e. The molecule has 0 atom stereocenters. The van der Waals surface area contributed by atoms with Crippen LogP contribution in [0.4, 0.5) is 5.69 Å². The number of anilines is 1. The van der Waals surface area contributed by atoms with Crippen molar-refractivity contribution >= 4 is 51.0 Å². The van der Waals surface area contributed by atoms with Crippen LogP contribution < -0.4 is 4.90 Å². The lowest BCUT2D eigenvalue weighted by molar-refractivity contribution is 0.302. The summed E-state index contributed by atoms with van der Waals surface area (Å²) in [5, 5.41) is 12.4. The van der Waals surface area contributed by atoms with Crippen LogP contribution in [0.25, 0.3) is 22.4 Å². The van der Waals surface area contributed by atoms with Crippen LogP contribution in [0.2, 0.25) is 5.15 Å². The maximum Gasteiger partial charge on any atom is 0.155 e. The summed E-state index contributed by atoms with van der Waals surface area (Å²) in [4.78, 5) is 11.8. The van der Waals surface area contributed by atoms with Crippen LogP contribution in [-0.2, 0) is 0 Å². The molecule has 24 heavy (non-hydrogen) atoms. The first kappa shape index (κ1) is 16.9. The van der Waals surface area contributed by atoms with Gasteiger partial charge in [-0.15, -0.1) is 11.3 Å². The van der Waals surface area contributed by atoms with Gasteiger partial charge < -0.3 is 10.0 Å². The molecule has 0 spiro atoms. The minimum atomic E-state index is 0.152. The van der Waals surface area contributed by atoms with Crippen LogP contribution in [0.1, 0.15) is 18.3 Å². The molecule has 6 heteroatoms. The predicted molar refractivity (Wildman–Crippen MR) is 103 cm³/mol. The van der Waals surface area contributed by atoms with E-state index >= 15 is 0 Å². The van der Waals surface area contributed by atoms with Gasteiger partial charge in [0, 0.05) is 24.2 Å². The molecule has 1 aromatic carbocycles. The third-order valence-corrected chi connectivity index (χ3v) is 4.83. The lowest BCUT2D eigenvalue weighted by Crippen LogP contribution is -2.25. The summed E-state index contributed by atoms with van der Waals surface area (Å²) >= 11 is 7.74. The lowest BCUT2D eigenvalue weighted by Gasteiger charge is -2.21. The van der Waals surface area contributed by atoms with Gasteiger partial charge in [0.1, 0.15) is 9.98 Å². The van der Waals surface area contributed by atoms with Crippen LogP contribution >= 0.6 is 22.9 Å². The summed E-state index contributed by atoms with van der Waals surface area (Å²) in [6.07, 6.45) is 3.84. The SMILES string of the molecule is CCN(CCO)c1ccc(/C=C/c2nc(Cl)c3ccsc3n2)cc1. The number of likely N-dealkylation sites (N-methyl/N-ethyl adjacent to an activating group) is 1. The Bertz CT molecular complexity index is 845. The van der Waals surface area contributed by atoms with E-state index in [1.165, 1.54) is 0 Å². The summed E-state index contributed by atoms with van der Waals surface area (Å²) in [6, 6.07) is 10.1. The van der Waals surface area contributed by atoms with Crippen molar-refractivity contribution in [3.05, 3.63) is 52.3 Å². The molecular formula is C18H18ClN3OS. The first-order valence-electron chi connectivity index (χ1n) is 7.76. The van der Waals surface area contributed by atoms with Crippen molar-refractivity contribution in [1.82, 2.24) is 9.97 Å². The Morgan fingerprint density at radius 3 is 2.67 bits per heavy atom. The van der Waals surface area contributed by atoms with Crippen LogP contribution in [0.15, 0.2) is 35.7 Å². The van der Waals surface area contributed by atoms with Crippen molar-refractivity contribution in [3.8, 4) is 0 Å². The highest BCUT2D eigenvalue weighted by molar-refractivity contribution is 7.16. The van der Waals surface area contributed by atoms with Gasteiger partial charge in [-0.05, 0) is 42.1 Å². The van der Waals surface area contributed by atoms with Gasteiger partial charge in [0.15, 0.2) is 5.82 Å². The van der Waals surface area contributed by atoms with E-state index in [4.69, 9.17) is 16.7 Å². The third kappa shape index (κ3) is 3.75. The van der Waals surface area contributed by atoms with Crippen molar-refractivity contribution < 1.29 is 5.11 Å². The summed E-state index contributed by atoms with van der Waals surface area (Å²) in [5.41, 5.74) is 2.16. The third-order valence-electron chi connectivity index (χ3n) is 3.73. The molecule has 0 aliphatic rings. The molecule has 0 aliphatic heterocycles. The van der Waals surface area contributed by atoms with E-state index in [0.717, 1.165) is 28.0 Å². The van der Waals surface area contributed by atoms with Crippen LogP contribution in [0.5, 0.6) is 0 Å². The van der Waals surface area contributed by atoms with Gasteiger partial charge in [0.25, 0.3) is 0 Å². The molecule has 0 amide bonds. The Balaban J connectivity index is 1.78. The molecule has 0 bridgehead atoms. The lowest BCUT2D eigenvalue weighted by atomic mass is 10.2. The molecule has 1 N–H and O–H groups in total. The number of aliphatic hydroxyl groups is 1. The molecule has 0 radical (unpaired) electrons. The Morgan fingerprint density at radius 1 is 1.17 bits per heavy atom. The standard InChI is InChI=1S/C18H18ClN3OS/c1-2-22(10-11-23)14-6-3-13(4-7-14)5-8-16-20-17(19)15-9-12-24-18(15)21-16/h3-9,12,23H,2,10-11H2,1H3/b8-5+. The minimum absolute atomic E-state index is 0.152. The molecule has 0 saturated carbocycles. The fourth-order valence-electron chi connectivity index (χ4n) is 2.47. The van der Waals surface area contributed by atoms with Gasteiger partial charge in [0.05, 0.1) is 6.61 Å². The second kappa shape index (κ2) is 7.75. The summed E-state index contributed by atoms with van der Waals surface area (Å²) in [7, 11) is 0. The number of fused-ring (bicyclic) bond motifs is 1. The molecule has 0 aliphatic carbocycles. The number of rotatable bonds is 6. The zero-order valence-electron chi connectivity index (χ0n) is 13.3. The summed E-state index contributed by atoms with van der Waals surface area (Å²) < 4.78 is 0. The number of thiophene rings is 1. The molecular weight excluding hydrogens is 342 g/mol. The zero-order chi connectivity index (χ0) is 16.9. The first-order valence-corrected chi connectivity index (χ1v) is 9.01. The number of hydrogen-bond donors (Lipinski definition) is 1. The number of aromatic nitrogens is 2. The van der Waals surface area contributed by atoms with Gasteiger partial charge in [-0.2, -0.15) is 0 Å². The average molecular weight is 360 g/mol. The highest BCUT2D eigenvalue weighted by atomic mass is 35.5. The van der Waals surface area contributed by atoms with Gasteiger partial charge in [-0.1, -0.05) is 29.8 Å². The normalized spacial score (nSPS) is 11.5. The molecule has 0 saturated heterocycles. The smallest absolute Gasteiger partial charge is 0.155 e. The highest BCUT2D eigenvalue weighted by Gasteiger charge is 2.05. The molecule has 2 heterocycles. The fourth-order valence-corrected chi connectivity index (χ4v) is 3.53. The Morgan fingerprint density at radius 2 is 1.96 bits per heavy atom. The van der Waals surface area contributed by atoms with Crippen molar-refractivity contribution in [2.24, 2.45) is 0 Å². The summed E-state index contributed by atoms with van der Waals surface area (Å²) in [5.74, 6) is 0.606. The monoisotopic (exact) mass is 359 g/mol. The first-order chi connectivity index (χ1) is 11.7. The molecule has 2 aromatic heterocycles. The Labute approximate surface area is 150 Å². The quantitative estimate of drug-likeness (QED) is 0.665. The van der Waals surface area contributed by atoms with E-state index in [9.17, 15) is 0 Å². The molecule has 0 fully saturated rings. The van der Waals surface area contributed by atoms with E-state index in [2.05, 4.69) is 33.9 Å². The molecule has 3 rings (SSSR count). The zero-order valence-corrected chi connectivity index (χ0v) is 14.9. The fraction of sp³-hybridized carbons (Fsp3) is 0.222. The van der Waals surface area contributed by atoms with Crippen molar-refractivity contribution in [3.63, 3.8) is 0 Å². The van der Waals surface area contributed by atoms with Crippen molar-refractivity contribution in [2.75, 3.05) is 24.6 Å². The number of aliphatic hydroxyl groups excluding tert-OH is 1. The number of halogens is 1. The van der Waals surface area contributed by atoms with Gasteiger partial charge >= 0.3 is 0 Å². The van der Waals surface area contributed by atoms with Gasteiger partial charge in [0.2, 0.25) is 0 Å². The van der Waals surface area contributed by atoms with E-state index in [1.807, 2.05) is 35.7 Å². The maximum absolute atomic E-state index is 9.10. The number of nitrogens with zero attached hydrogens (tertiary/aromatic N) is 3. The summed E-state index contributed by atoms with van der Waals surface area (Å²) in [6.45, 7) is 3.73. The average Bonchev–Trinajstić information content (AvgIpc) is 3.07. The molecule has 3 aromatic rings. The van der Waals surface area contributed by atoms with Crippen molar-refractivity contribution in [2.45, 2.75) is 6.92 Å². The number of hydrogen-bond acceptors (Lipinski definition) is 5. The van der Waals surface area contributed by atoms with E-state index in [0.29, 0.717) is 17.5 Å². The molecule has 124 valence electrons. The van der Waals surface area contributed by atoms with E-state index in [-0.39, 0.29) is 6.61 Å².